The van der Waals surface area contributed by atoms with Gasteiger partial charge in [0.1, 0.15) is 0 Å². The summed E-state index contributed by atoms with van der Waals surface area (Å²) in [6.07, 6.45) is 0. The second kappa shape index (κ2) is 10.8. The molecule has 3 aromatic rings. The first-order chi connectivity index (χ1) is 14.6. The number of rotatable bonds is 8. The van der Waals surface area contributed by atoms with E-state index >= 15 is 0 Å². The van der Waals surface area contributed by atoms with Crippen LogP contribution in [0, 0.1) is 0 Å². The molecule has 0 aliphatic rings. The van der Waals surface area contributed by atoms with Crippen molar-refractivity contribution >= 4 is 35.0 Å². The van der Waals surface area contributed by atoms with Crippen molar-refractivity contribution in [2.75, 3.05) is 0 Å². The number of nitrogens with one attached hydrogen (secondary N) is 2. The molecule has 0 heterocycles. The smallest absolute Gasteiger partial charge is 0.251 e. The van der Waals surface area contributed by atoms with Crippen molar-refractivity contribution in [3.63, 3.8) is 0 Å². The molecule has 2 N–H and O–H groups in total. The van der Waals surface area contributed by atoms with E-state index < -0.39 is 0 Å². The largest absolute Gasteiger partial charge is 0.348 e. The van der Waals surface area contributed by atoms with Gasteiger partial charge in [-0.25, -0.2) is 0 Å². The Hall–Kier alpha value is -2.82. The van der Waals surface area contributed by atoms with Crippen LogP contribution in [0.2, 0.25) is 0 Å². The molecule has 3 rings (SSSR count). The quantitative estimate of drug-likeness (QED) is 0.482. The molecule has 2 amide bonds. The third kappa shape index (κ3) is 6.09. The van der Waals surface area contributed by atoms with Crippen LogP contribution in [0.3, 0.4) is 0 Å². The Bertz CT molecular complexity index is 924. The molecule has 0 radical (unpaired) electrons. The maximum atomic E-state index is 12.3. The van der Waals surface area contributed by atoms with Crippen molar-refractivity contribution in [1.82, 2.24) is 10.6 Å². The van der Waals surface area contributed by atoms with E-state index in [2.05, 4.69) is 10.6 Å². The third-order valence-corrected chi connectivity index (χ3v) is 5.26. The standard InChI is InChI=1S/C24H22Cl2N2O2/c25-13-17-4-8-21(9-5-17)23(29)27-15-19-2-1-3-20(12-19)16-28-24(30)22-10-6-18(14-26)7-11-22/h1-12H,13-16H2,(H,27,29)(H,28,30). The van der Waals surface area contributed by atoms with Crippen molar-refractivity contribution in [1.29, 1.82) is 0 Å². The fraction of sp³-hybridized carbons (Fsp3) is 0.167. The summed E-state index contributed by atoms with van der Waals surface area (Å²) in [4.78, 5) is 24.6. The van der Waals surface area contributed by atoms with Crippen molar-refractivity contribution in [2.24, 2.45) is 0 Å². The van der Waals surface area contributed by atoms with E-state index in [1.54, 1.807) is 24.3 Å². The van der Waals surface area contributed by atoms with E-state index in [1.165, 1.54) is 0 Å². The van der Waals surface area contributed by atoms with Gasteiger partial charge in [-0.1, -0.05) is 48.5 Å². The lowest BCUT2D eigenvalue weighted by atomic mass is 10.1. The molecular formula is C24H22Cl2N2O2. The SMILES string of the molecule is O=C(NCc1cccc(CNC(=O)c2ccc(CCl)cc2)c1)c1ccc(CCl)cc1. The third-order valence-electron chi connectivity index (χ3n) is 4.64. The predicted octanol–water partition coefficient (Wildman–Crippen LogP) is 5.02. The average Bonchev–Trinajstić information content (AvgIpc) is 2.81. The number of benzene rings is 3. The number of hydrogen-bond donors (Lipinski definition) is 2. The Morgan fingerprint density at radius 3 is 1.37 bits per heavy atom. The highest BCUT2D eigenvalue weighted by Gasteiger charge is 2.07. The van der Waals surface area contributed by atoms with Crippen LogP contribution in [0.15, 0.2) is 72.8 Å². The van der Waals surface area contributed by atoms with Gasteiger partial charge in [-0.2, -0.15) is 0 Å². The summed E-state index contributed by atoms with van der Waals surface area (Å²) < 4.78 is 0. The molecule has 30 heavy (non-hydrogen) atoms. The summed E-state index contributed by atoms with van der Waals surface area (Å²) >= 11 is 11.6. The summed E-state index contributed by atoms with van der Waals surface area (Å²) in [6, 6.07) is 22.2. The Labute approximate surface area is 186 Å². The van der Waals surface area contributed by atoms with Gasteiger partial charge in [0.2, 0.25) is 0 Å². The number of amides is 2. The molecule has 0 atom stereocenters. The van der Waals surface area contributed by atoms with Gasteiger partial charge in [-0.3, -0.25) is 9.59 Å². The minimum atomic E-state index is -0.143. The first-order valence-corrected chi connectivity index (χ1v) is 10.6. The summed E-state index contributed by atoms with van der Waals surface area (Å²) in [5, 5.41) is 5.82. The number of hydrogen-bond acceptors (Lipinski definition) is 2. The summed E-state index contributed by atoms with van der Waals surface area (Å²) in [5.74, 6) is 0.555. The van der Waals surface area contributed by atoms with Crippen LogP contribution in [-0.2, 0) is 24.8 Å². The molecule has 4 nitrogen and oxygen atoms in total. The van der Waals surface area contributed by atoms with Gasteiger partial charge in [0.15, 0.2) is 0 Å². The lowest BCUT2D eigenvalue weighted by molar-refractivity contribution is 0.0943. The minimum absolute atomic E-state index is 0.143. The van der Waals surface area contributed by atoms with Gasteiger partial charge >= 0.3 is 0 Å². The molecule has 0 aromatic heterocycles. The van der Waals surface area contributed by atoms with E-state index in [0.29, 0.717) is 36.0 Å². The van der Waals surface area contributed by atoms with Crippen LogP contribution in [0.5, 0.6) is 0 Å². The zero-order valence-electron chi connectivity index (χ0n) is 16.3. The molecule has 0 spiro atoms. The van der Waals surface area contributed by atoms with E-state index in [0.717, 1.165) is 22.3 Å². The highest BCUT2D eigenvalue weighted by Crippen LogP contribution is 2.10. The topological polar surface area (TPSA) is 58.2 Å². The second-order valence-electron chi connectivity index (χ2n) is 6.85. The zero-order chi connectivity index (χ0) is 21.3. The fourth-order valence-corrected chi connectivity index (χ4v) is 3.27. The zero-order valence-corrected chi connectivity index (χ0v) is 17.8. The molecule has 0 unspecified atom stereocenters. The normalized spacial score (nSPS) is 10.5. The van der Waals surface area contributed by atoms with Crippen LogP contribution in [0.1, 0.15) is 43.0 Å². The monoisotopic (exact) mass is 440 g/mol. The molecule has 0 fully saturated rings. The van der Waals surface area contributed by atoms with Crippen molar-refractivity contribution < 1.29 is 9.59 Å². The molecule has 3 aromatic carbocycles. The van der Waals surface area contributed by atoms with E-state index in [-0.39, 0.29) is 11.8 Å². The summed E-state index contributed by atoms with van der Waals surface area (Å²) in [5.41, 5.74) is 5.04. The number of alkyl halides is 2. The van der Waals surface area contributed by atoms with Gasteiger partial charge in [0.25, 0.3) is 11.8 Å². The van der Waals surface area contributed by atoms with Crippen LogP contribution >= 0.6 is 23.2 Å². The number of halogens is 2. The first kappa shape index (κ1) is 21.9. The Balaban J connectivity index is 1.53. The molecule has 0 bridgehead atoms. The second-order valence-corrected chi connectivity index (χ2v) is 7.38. The molecule has 0 saturated carbocycles. The average molecular weight is 441 g/mol. The fourth-order valence-electron chi connectivity index (χ4n) is 2.91. The Morgan fingerprint density at radius 2 is 1.00 bits per heavy atom. The summed E-state index contributed by atoms with van der Waals surface area (Å²) in [7, 11) is 0. The number of carbonyl (C=O) groups is 2. The van der Waals surface area contributed by atoms with Crippen LogP contribution in [0.4, 0.5) is 0 Å². The van der Waals surface area contributed by atoms with Crippen LogP contribution in [0.25, 0.3) is 0 Å². The molecule has 154 valence electrons. The molecule has 6 heteroatoms. The number of carbonyl (C=O) groups excluding carboxylic acids is 2. The van der Waals surface area contributed by atoms with Crippen molar-refractivity contribution in [3.05, 3.63) is 106 Å². The van der Waals surface area contributed by atoms with Gasteiger partial charge in [-0.15, -0.1) is 23.2 Å². The van der Waals surface area contributed by atoms with E-state index in [1.807, 2.05) is 48.5 Å². The predicted molar refractivity (Wildman–Crippen MR) is 121 cm³/mol. The van der Waals surface area contributed by atoms with E-state index in [9.17, 15) is 9.59 Å². The van der Waals surface area contributed by atoms with E-state index in [4.69, 9.17) is 23.2 Å². The lowest BCUT2D eigenvalue weighted by Crippen LogP contribution is -2.24. The van der Waals surface area contributed by atoms with Crippen LogP contribution in [-0.4, -0.2) is 11.8 Å². The first-order valence-electron chi connectivity index (χ1n) is 9.53. The minimum Gasteiger partial charge on any atom is -0.348 e. The maximum absolute atomic E-state index is 12.3. The maximum Gasteiger partial charge on any atom is 0.251 e. The highest BCUT2D eigenvalue weighted by atomic mass is 35.5. The van der Waals surface area contributed by atoms with Crippen LogP contribution < -0.4 is 10.6 Å². The van der Waals surface area contributed by atoms with Gasteiger partial charge in [0.05, 0.1) is 0 Å². The van der Waals surface area contributed by atoms with Crippen molar-refractivity contribution in [3.8, 4) is 0 Å². The van der Waals surface area contributed by atoms with Gasteiger partial charge in [-0.05, 0) is 46.5 Å². The summed E-state index contributed by atoms with van der Waals surface area (Å²) in [6.45, 7) is 0.801. The molecule has 0 aliphatic carbocycles. The van der Waals surface area contributed by atoms with Gasteiger partial charge < -0.3 is 10.6 Å². The van der Waals surface area contributed by atoms with Gasteiger partial charge in [0, 0.05) is 36.0 Å². The van der Waals surface area contributed by atoms with Crippen molar-refractivity contribution in [2.45, 2.75) is 24.8 Å². The Kier molecular flexibility index (Phi) is 7.89. The molecular weight excluding hydrogens is 419 g/mol. The molecule has 0 aliphatic heterocycles. The Morgan fingerprint density at radius 1 is 0.600 bits per heavy atom. The lowest BCUT2D eigenvalue weighted by Gasteiger charge is -2.09. The molecule has 0 saturated heterocycles. The highest BCUT2D eigenvalue weighted by molar-refractivity contribution is 6.17.